The average molecular weight is 311 g/mol. The summed E-state index contributed by atoms with van der Waals surface area (Å²) in [5, 5.41) is 7.28. The van der Waals surface area contributed by atoms with Crippen molar-refractivity contribution in [2.24, 2.45) is 7.05 Å². The van der Waals surface area contributed by atoms with Crippen LogP contribution in [0.3, 0.4) is 0 Å². The van der Waals surface area contributed by atoms with Crippen molar-refractivity contribution in [3.05, 3.63) is 10.5 Å². The number of hydrogen-bond acceptors (Lipinski definition) is 4. The number of aryl methyl sites for hydroxylation is 2. The van der Waals surface area contributed by atoms with Gasteiger partial charge in [-0.05, 0) is 25.6 Å². The molecule has 0 saturated carbocycles. The van der Waals surface area contributed by atoms with Gasteiger partial charge in [0.25, 0.3) is 0 Å². The van der Waals surface area contributed by atoms with E-state index in [1.165, 1.54) is 0 Å². The molecule has 0 aliphatic carbocycles. The molecule has 0 fully saturated rings. The first-order valence-electron chi connectivity index (χ1n) is 6.94. The number of aromatic amines is 1. The smallest absolute Gasteiger partial charge is 0.243 e. The van der Waals surface area contributed by atoms with E-state index in [1.54, 1.807) is 16.4 Å². The first-order chi connectivity index (χ1) is 10.0. The van der Waals surface area contributed by atoms with Crippen molar-refractivity contribution in [2.75, 3.05) is 20.3 Å². The zero-order valence-corrected chi connectivity index (χ0v) is 13.6. The first kappa shape index (κ1) is 15.7. The van der Waals surface area contributed by atoms with E-state index in [0.717, 1.165) is 23.3 Å². The Kier molecular flexibility index (Phi) is 4.79. The van der Waals surface area contributed by atoms with Crippen LogP contribution in [0.4, 0.5) is 0 Å². The van der Waals surface area contributed by atoms with E-state index in [4.69, 9.17) is 17.0 Å². The van der Waals surface area contributed by atoms with Gasteiger partial charge in [-0.2, -0.15) is 5.10 Å². The van der Waals surface area contributed by atoms with Crippen LogP contribution >= 0.6 is 12.2 Å². The highest BCUT2D eigenvalue weighted by Gasteiger charge is 2.22. The Labute approximate surface area is 128 Å². The zero-order valence-electron chi connectivity index (χ0n) is 12.8. The third-order valence-corrected chi connectivity index (χ3v) is 3.77. The third-order valence-electron chi connectivity index (χ3n) is 3.48. The van der Waals surface area contributed by atoms with Crippen molar-refractivity contribution in [3.8, 4) is 0 Å². The van der Waals surface area contributed by atoms with E-state index >= 15 is 0 Å². The molecule has 2 heterocycles. The van der Waals surface area contributed by atoms with Crippen molar-refractivity contribution >= 4 is 29.3 Å². The fraction of sp³-hybridized carbons (Fsp3) is 0.615. The Morgan fingerprint density at radius 2 is 2.29 bits per heavy atom. The Morgan fingerprint density at radius 1 is 1.57 bits per heavy atom. The van der Waals surface area contributed by atoms with Gasteiger partial charge in [-0.1, -0.05) is 6.92 Å². The number of carbonyl (C=O) groups is 1. The molecule has 116 valence electrons. The Morgan fingerprint density at radius 3 is 2.90 bits per heavy atom. The lowest BCUT2D eigenvalue weighted by Gasteiger charge is -2.14. The normalized spacial score (nSPS) is 12.8. The van der Waals surface area contributed by atoms with Crippen LogP contribution in [0.25, 0.3) is 11.2 Å². The lowest BCUT2D eigenvalue weighted by molar-refractivity contribution is -0.124. The molecule has 0 aromatic carbocycles. The quantitative estimate of drug-likeness (QED) is 0.623. The average Bonchev–Trinajstić information content (AvgIpc) is 2.95. The molecule has 2 rings (SSSR count). The number of ether oxygens (including phenoxy) is 1. The summed E-state index contributed by atoms with van der Waals surface area (Å²) >= 11 is 5.37. The first-order valence-corrected chi connectivity index (χ1v) is 7.34. The Balaban J connectivity index is 2.37. The molecule has 8 heteroatoms. The maximum absolute atomic E-state index is 12.2. The number of carbonyl (C=O) groups excluding carboxylic acids is 1. The molecular formula is C13H21N5O2S. The fourth-order valence-electron chi connectivity index (χ4n) is 2.39. The SMILES string of the molecule is CCc1nn(C)c2c1[nH]c(=S)n2C(C)C(=O)NCCOC. The second kappa shape index (κ2) is 6.40. The number of nitrogens with one attached hydrogen (secondary N) is 2. The molecule has 7 nitrogen and oxygen atoms in total. The van der Waals surface area contributed by atoms with Crippen molar-refractivity contribution in [3.63, 3.8) is 0 Å². The van der Waals surface area contributed by atoms with Crippen LogP contribution in [-0.2, 0) is 23.0 Å². The van der Waals surface area contributed by atoms with E-state index in [9.17, 15) is 4.79 Å². The number of amides is 1. The van der Waals surface area contributed by atoms with Crippen LogP contribution in [-0.4, -0.2) is 45.5 Å². The highest BCUT2D eigenvalue weighted by Crippen LogP contribution is 2.22. The lowest BCUT2D eigenvalue weighted by atomic mass is 10.3. The van der Waals surface area contributed by atoms with Crippen molar-refractivity contribution in [1.82, 2.24) is 24.6 Å². The summed E-state index contributed by atoms with van der Waals surface area (Å²) in [6.07, 6.45) is 0.807. The standard InChI is InChI=1S/C13H21N5O2S/c1-5-9-10-12(17(3)16-9)18(13(21)15-10)8(2)11(19)14-6-7-20-4/h8H,5-7H2,1-4H3,(H,14,19)(H,15,21). The second-order valence-corrected chi connectivity index (χ2v) is 5.27. The molecule has 1 atom stereocenters. The molecule has 0 spiro atoms. The van der Waals surface area contributed by atoms with E-state index in [0.29, 0.717) is 17.9 Å². The van der Waals surface area contributed by atoms with Gasteiger partial charge in [-0.25, -0.2) is 0 Å². The van der Waals surface area contributed by atoms with Crippen LogP contribution in [0, 0.1) is 4.77 Å². The maximum atomic E-state index is 12.2. The predicted octanol–water partition coefficient (Wildman–Crippen LogP) is 1.32. The maximum Gasteiger partial charge on any atom is 0.243 e. The van der Waals surface area contributed by atoms with Gasteiger partial charge >= 0.3 is 0 Å². The van der Waals surface area contributed by atoms with Crippen molar-refractivity contribution < 1.29 is 9.53 Å². The number of imidazole rings is 1. The van der Waals surface area contributed by atoms with E-state index in [1.807, 2.05) is 20.9 Å². The Bertz CT molecular complexity index is 699. The van der Waals surface area contributed by atoms with Crippen LogP contribution in [0.2, 0.25) is 0 Å². The molecule has 1 amide bonds. The molecule has 2 N–H and O–H groups in total. The van der Waals surface area contributed by atoms with Gasteiger partial charge in [-0.15, -0.1) is 0 Å². The minimum absolute atomic E-state index is 0.0942. The zero-order chi connectivity index (χ0) is 15.6. The molecule has 0 aliphatic rings. The molecule has 2 aromatic rings. The third kappa shape index (κ3) is 2.86. The summed E-state index contributed by atoms with van der Waals surface area (Å²) in [6, 6.07) is -0.414. The van der Waals surface area contributed by atoms with Gasteiger partial charge in [-0.3, -0.25) is 14.0 Å². The Hall–Kier alpha value is -1.67. The summed E-state index contributed by atoms with van der Waals surface area (Å²) < 4.78 is 9.03. The van der Waals surface area contributed by atoms with Gasteiger partial charge in [0, 0.05) is 20.7 Å². The molecule has 1 unspecified atom stereocenters. The summed E-state index contributed by atoms with van der Waals surface area (Å²) in [5.41, 5.74) is 2.69. The highest BCUT2D eigenvalue weighted by atomic mass is 32.1. The summed E-state index contributed by atoms with van der Waals surface area (Å²) in [6.45, 7) is 4.82. The number of rotatable bonds is 6. The number of hydrogen-bond donors (Lipinski definition) is 2. The van der Waals surface area contributed by atoms with Crippen molar-refractivity contribution in [1.29, 1.82) is 0 Å². The summed E-state index contributed by atoms with van der Waals surface area (Å²) in [5.74, 6) is -0.0942. The molecular weight excluding hydrogens is 290 g/mol. The monoisotopic (exact) mass is 311 g/mol. The van der Waals surface area contributed by atoms with Crippen LogP contribution < -0.4 is 5.32 Å². The van der Waals surface area contributed by atoms with Gasteiger partial charge in [0.2, 0.25) is 5.91 Å². The minimum Gasteiger partial charge on any atom is -0.383 e. The largest absolute Gasteiger partial charge is 0.383 e. The lowest BCUT2D eigenvalue weighted by Crippen LogP contribution is -2.33. The van der Waals surface area contributed by atoms with Crippen molar-refractivity contribution in [2.45, 2.75) is 26.3 Å². The molecule has 0 saturated heterocycles. The van der Waals surface area contributed by atoms with E-state index in [-0.39, 0.29) is 5.91 Å². The number of fused-ring (bicyclic) bond motifs is 1. The molecule has 0 radical (unpaired) electrons. The number of aromatic nitrogens is 4. The summed E-state index contributed by atoms with van der Waals surface area (Å²) in [4.78, 5) is 15.4. The number of H-pyrrole nitrogens is 1. The van der Waals surface area contributed by atoms with E-state index in [2.05, 4.69) is 15.4 Å². The topological polar surface area (TPSA) is 76.9 Å². The molecule has 21 heavy (non-hydrogen) atoms. The summed E-state index contributed by atoms with van der Waals surface area (Å²) in [7, 11) is 3.46. The predicted molar refractivity (Wildman–Crippen MR) is 82.9 cm³/mol. The minimum atomic E-state index is -0.414. The van der Waals surface area contributed by atoms with Gasteiger partial charge in [0.05, 0.1) is 12.3 Å². The molecule has 2 aromatic heterocycles. The van der Waals surface area contributed by atoms with Gasteiger partial charge in [0.1, 0.15) is 11.6 Å². The van der Waals surface area contributed by atoms with Gasteiger partial charge < -0.3 is 15.0 Å². The number of nitrogens with zero attached hydrogens (tertiary/aromatic N) is 3. The molecule has 0 aliphatic heterocycles. The molecule has 0 bridgehead atoms. The van der Waals surface area contributed by atoms with Crippen LogP contribution in [0.1, 0.15) is 25.6 Å². The number of methoxy groups -OCH3 is 1. The highest BCUT2D eigenvalue weighted by molar-refractivity contribution is 7.71. The van der Waals surface area contributed by atoms with Crippen LogP contribution in [0.15, 0.2) is 0 Å². The van der Waals surface area contributed by atoms with E-state index < -0.39 is 6.04 Å². The van der Waals surface area contributed by atoms with Gasteiger partial charge in [0.15, 0.2) is 10.4 Å². The van der Waals surface area contributed by atoms with Crippen LogP contribution in [0.5, 0.6) is 0 Å². The fourth-order valence-corrected chi connectivity index (χ4v) is 2.73. The second-order valence-electron chi connectivity index (χ2n) is 4.88.